The number of hydrogen-bond acceptors (Lipinski definition) is 2. The molecular formula is C11H25NO. The topological polar surface area (TPSA) is 23.5 Å². The molecule has 80 valence electrons. The Hall–Kier alpha value is -0.0800. The van der Waals surface area contributed by atoms with Crippen LogP contribution in [0.15, 0.2) is 0 Å². The molecule has 2 atom stereocenters. The van der Waals surface area contributed by atoms with E-state index in [1.807, 2.05) is 0 Å². The molecule has 0 heterocycles. The van der Waals surface area contributed by atoms with E-state index >= 15 is 0 Å². The second-order valence-corrected chi connectivity index (χ2v) is 5.13. The second-order valence-electron chi connectivity index (χ2n) is 5.13. The van der Waals surface area contributed by atoms with Crippen LogP contribution in [-0.4, -0.2) is 36.8 Å². The van der Waals surface area contributed by atoms with Gasteiger partial charge in [-0.15, -0.1) is 0 Å². The van der Waals surface area contributed by atoms with Crippen molar-refractivity contribution in [1.29, 1.82) is 0 Å². The first-order valence-electron chi connectivity index (χ1n) is 5.11. The molecule has 2 nitrogen and oxygen atoms in total. The fourth-order valence-electron chi connectivity index (χ4n) is 2.36. The van der Waals surface area contributed by atoms with Gasteiger partial charge in [-0.05, 0) is 31.8 Å². The Labute approximate surface area is 82.9 Å². The second kappa shape index (κ2) is 4.97. The van der Waals surface area contributed by atoms with Crippen LogP contribution in [0.4, 0.5) is 0 Å². The van der Waals surface area contributed by atoms with Gasteiger partial charge in [0.25, 0.3) is 0 Å². The lowest BCUT2D eigenvalue weighted by atomic mass is 9.77. The van der Waals surface area contributed by atoms with Crippen molar-refractivity contribution in [3.05, 3.63) is 0 Å². The van der Waals surface area contributed by atoms with Gasteiger partial charge in [-0.3, -0.25) is 0 Å². The smallest absolute Gasteiger partial charge is 0.0474 e. The first-order chi connectivity index (χ1) is 5.84. The maximum absolute atomic E-state index is 9.28. The summed E-state index contributed by atoms with van der Waals surface area (Å²) >= 11 is 0. The molecule has 0 spiro atoms. The molecule has 0 aliphatic heterocycles. The van der Waals surface area contributed by atoms with E-state index in [2.05, 4.69) is 46.7 Å². The summed E-state index contributed by atoms with van der Waals surface area (Å²) in [5, 5.41) is 9.28. The summed E-state index contributed by atoms with van der Waals surface area (Å²) in [7, 11) is 4.18. The first-order valence-corrected chi connectivity index (χ1v) is 5.11. The summed E-state index contributed by atoms with van der Waals surface area (Å²) in [5.41, 5.74) is 0.229. The Morgan fingerprint density at radius 2 is 1.69 bits per heavy atom. The van der Waals surface area contributed by atoms with Gasteiger partial charge in [-0.25, -0.2) is 0 Å². The van der Waals surface area contributed by atoms with E-state index in [1.165, 1.54) is 0 Å². The molecule has 0 bridgehead atoms. The lowest BCUT2D eigenvalue weighted by Crippen LogP contribution is -2.46. The van der Waals surface area contributed by atoms with Crippen LogP contribution in [0.1, 0.15) is 34.1 Å². The van der Waals surface area contributed by atoms with Crippen LogP contribution >= 0.6 is 0 Å². The third-order valence-corrected chi connectivity index (χ3v) is 2.65. The van der Waals surface area contributed by atoms with E-state index < -0.39 is 0 Å². The van der Waals surface area contributed by atoms with Crippen LogP contribution in [0.2, 0.25) is 0 Å². The summed E-state index contributed by atoms with van der Waals surface area (Å²) in [4.78, 5) is 2.23. The number of aliphatic hydroxyl groups excluding tert-OH is 1. The molecule has 0 aromatic carbocycles. The number of nitrogens with zero attached hydrogens (tertiary/aromatic N) is 1. The van der Waals surface area contributed by atoms with E-state index in [0.29, 0.717) is 12.0 Å². The molecule has 0 amide bonds. The van der Waals surface area contributed by atoms with Crippen LogP contribution in [0.3, 0.4) is 0 Å². The Morgan fingerprint density at radius 3 is 1.77 bits per heavy atom. The molecule has 2 unspecified atom stereocenters. The molecule has 0 aromatic heterocycles. The zero-order chi connectivity index (χ0) is 10.6. The highest BCUT2D eigenvalue weighted by molar-refractivity contribution is 4.85. The highest BCUT2D eigenvalue weighted by Crippen LogP contribution is 2.30. The zero-order valence-corrected chi connectivity index (χ0v) is 9.96. The van der Waals surface area contributed by atoms with Crippen molar-refractivity contribution in [2.45, 2.75) is 40.2 Å². The number of hydrogen-bond donors (Lipinski definition) is 1. The molecule has 1 N–H and O–H groups in total. The van der Waals surface area contributed by atoms with Gasteiger partial charge in [0.05, 0.1) is 0 Å². The largest absolute Gasteiger partial charge is 0.396 e. The normalized spacial score (nSPS) is 17.5. The van der Waals surface area contributed by atoms with Gasteiger partial charge < -0.3 is 10.0 Å². The van der Waals surface area contributed by atoms with Crippen LogP contribution < -0.4 is 0 Å². The average molecular weight is 187 g/mol. The summed E-state index contributed by atoms with van der Waals surface area (Å²) in [6.45, 7) is 9.13. The Morgan fingerprint density at radius 1 is 1.23 bits per heavy atom. The Bertz CT molecular complexity index is 134. The maximum atomic E-state index is 9.28. The van der Waals surface area contributed by atoms with Gasteiger partial charge in [-0.1, -0.05) is 27.7 Å². The standard InChI is InChI=1S/C11H25NO/c1-7-9(8-13)10(12(5)6)11(2,3)4/h9-10,13H,7-8H2,1-6H3. The van der Waals surface area contributed by atoms with Gasteiger partial charge in [0.1, 0.15) is 0 Å². The zero-order valence-electron chi connectivity index (χ0n) is 9.96. The molecule has 0 saturated carbocycles. The van der Waals surface area contributed by atoms with Gasteiger partial charge in [0, 0.05) is 12.6 Å². The van der Waals surface area contributed by atoms with Crippen LogP contribution in [0.5, 0.6) is 0 Å². The van der Waals surface area contributed by atoms with Gasteiger partial charge >= 0.3 is 0 Å². The lowest BCUT2D eigenvalue weighted by Gasteiger charge is -2.40. The van der Waals surface area contributed by atoms with E-state index in [0.717, 1.165) is 6.42 Å². The highest BCUT2D eigenvalue weighted by atomic mass is 16.3. The fraction of sp³-hybridized carbons (Fsp3) is 1.00. The molecule has 0 fully saturated rings. The number of aliphatic hydroxyl groups is 1. The van der Waals surface area contributed by atoms with Crippen LogP contribution in [-0.2, 0) is 0 Å². The molecular weight excluding hydrogens is 162 g/mol. The van der Waals surface area contributed by atoms with Crippen molar-refractivity contribution >= 4 is 0 Å². The molecule has 13 heavy (non-hydrogen) atoms. The fourth-order valence-corrected chi connectivity index (χ4v) is 2.36. The molecule has 0 radical (unpaired) electrons. The molecule has 0 saturated heterocycles. The summed E-state index contributed by atoms with van der Waals surface area (Å²) < 4.78 is 0. The molecule has 0 aliphatic carbocycles. The van der Waals surface area contributed by atoms with E-state index in [4.69, 9.17) is 0 Å². The van der Waals surface area contributed by atoms with Crippen LogP contribution in [0, 0.1) is 11.3 Å². The maximum Gasteiger partial charge on any atom is 0.0474 e. The van der Waals surface area contributed by atoms with Crippen LogP contribution in [0.25, 0.3) is 0 Å². The van der Waals surface area contributed by atoms with Crippen molar-refractivity contribution in [3.63, 3.8) is 0 Å². The minimum Gasteiger partial charge on any atom is -0.396 e. The van der Waals surface area contributed by atoms with Crippen molar-refractivity contribution in [2.24, 2.45) is 11.3 Å². The van der Waals surface area contributed by atoms with Crippen molar-refractivity contribution in [1.82, 2.24) is 4.90 Å². The Balaban J connectivity index is 4.59. The van der Waals surface area contributed by atoms with Gasteiger partial charge in [0.15, 0.2) is 0 Å². The quantitative estimate of drug-likeness (QED) is 0.727. The van der Waals surface area contributed by atoms with Gasteiger partial charge in [0.2, 0.25) is 0 Å². The van der Waals surface area contributed by atoms with E-state index in [-0.39, 0.29) is 12.0 Å². The lowest BCUT2D eigenvalue weighted by molar-refractivity contribution is 0.0554. The van der Waals surface area contributed by atoms with E-state index in [9.17, 15) is 5.11 Å². The minimum absolute atomic E-state index is 0.229. The molecule has 2 heteroatoms. The van der Waals surface area contributed by atoms with Crippen molar-refractivity contribution < 1.29 is 5.11 Å². The molecule has 0 aromatic rings. The van der Waals surface area contributed by atoms with Crippen molar-refractivity contribution in [2.75, 3.05) is 20.7 Å². The summed E-state index contributed by atoms with van der Waals surface area (Å²) in [6.07, 6.45) is 1.04. The number of rotatable bonds is 4. The monoisotopic (exact) mass is 187 g/mol. The predicted molar refractivity (Wildman–Crippen MR) is 57.8 cm³/mol. The SMILES string of the molecule is CCC(CO)C(N(C)C)C(C)(C)C. The third-order valence-electron chi connectivity index (χ3n) is 2.65. The van der Waals surface area contributed by atoms with Gasteiger partial charge in [-0.2, -0.15) is 0 Å². The Kier molecular flexibility index (Phi) is 4.93. The first kappa shape index (κ1) is 12.9. The third kappa shape index (κ3) is 3.65. The minimum atomic E-state index is 0.229. The highest BCUT2D eigenvalue weighted by Gasteiger charge is 2.32. The predicted octanol–water partition coefficient (Wildman–Crippen LogP) is 1.98. The molecule has 0 aliphatic rings. The average Bonchev–Trinajstić information content (AvgIpc) is 1.96. The van der Waals surface area contributed by atoms with Crippen molar-refractivity contribution in [3.8, 4) is 0 Å². The summed E-state index contributed by atoms with van der Waals surface area (Å²) in [6, 6.07) is 0.447. The van der Waals surface area contributed by atoms with E-state index in [1.54, 1.807) is 0 Å². The molecule has 0 rings (SSSR count). The summed E-state index contributed by atoms with van der Waals surface area (Å²) in [5.74, 6) is 0.384.